The second-order valence-electron chi connectivity index (χ2n) is 5.90. The van der Waals surface area contributed by atoms with E-state index in [4.69, 9.17) is 15.7 Å². The second kappa shape index (κ2) is 9.05. The Morgan fingerprint density at radius 1 is 1.45 bits per heavy atom. The van der Waals surface area contributed by atoms with Gasteiger partial charge in [0.25, 0.3) is 5.91 Å². The monoisotopic (exact) mass is 310 g/mol. The van der Waals surface area contributed by atoms with E-state index in [0.29, 0.717) is 0 Å². The maximum Gasteiger partial charge on any atom is 0.414 e. The first-order valence-corrected chi connectivity index (χ1v) is 7.27. The lowest BCUT2D eigenvalue weighted by Crippen LogP contribution is -2.38. The summed E-state index contributed by atoms with van der Waals surface area (Å²) in [6, 6.07) is 1.74. The molecule has 7 nitrogen and oxygen atoms in total. The summed E-state index contributed by atoms with van der Waals surface area (Å²) in [7, 11) is 0. The lowest BCUT2D eigenvalue weighted by Gasteiger charge is -2.25. The first kappa shape index (κ1) is 19.9. The van der Waals surface area contributed by atoms with Crippen molar-refractivity contribution in [3.63, 3.8) is 0 Å². The molecule has 2 amide bonds. The molecule has 0 aromatic heterocycles. The Labute approximate surface area is 132 Å². The Morgan fingerprint density at radius 2 is 2.05 bits per heavy atom. The van der Waals surface area contributed by atoms with Crippen molar-refractivity contribution in [2.75, 3.05) is 13.1 Å². The number of carbonyl (C=O) groups is 2. The lowest BCUT2D eigenvalue weighted by molar-refractivity contribution is -0.117. The second-order valence-corrected chi connectivity index (χ2v) is 5.90. The normalized spacial score (nSPS) is 13.0. The molecule has 0 aliphatic carbocycles. The number of amides is 2. The van der Waals surface area contributed by atoms with E-state index < -0.39 is 17.6 Å². The largest absolute Gasteiger partial charge is 0.443 e. The predicted octanol–water partition coefficient (Wildman–Crippen LogP) is 1.50. The van der Waals surface area contributed by atoms with E-state index in [9.17, 15) is 9.59 Å². The van der Waals surface area contributed by atoms with Gasteiger partial charge in [-0.1, -0.05) is 6.92 Å². The third-order valence-electron chi connectivity index (χ3n) is 2.64. The fourth-order valence-electron chi connectivity index (χ4n) is 1.37. The van der Waals surface area contributed by atoms with Gasteiger partial charge >= 0.3 is 6.09 Å². The molecule has 22 heavy (non-hydrogen) atoms. The van der Waals surface area contributed by atoms with E-state index in [1.54, 1.807) is 26.8 Å². The topological polar surface area (TPSA) is 108 Å². The Morgan fingerprint density at radius 3 is 2.45 bits per heavy atom. The van der Waals surface area contributed by atoms with Crippen LogP contribution in [-0.4, -0.2) is 41.6 Å². The molecular weight excluding hydrogens is 284 g/mol. The molecule has 0 aliphatic heterocycles. The number of hydrogen-bond donors (Lipinski definition) is 2. The molecule has 0 spiro atoms. The standard InChI is InChI=1S/C15H26N4O3/c1-6-11(2)18-13(20)12(9-17)10-19(8-7-16)14(21)22-15(3,4)5/h10-11H,6-8,16H2,1-5H3,(H,18,20)/b12-10-. The summed E-state index contributed by atoms with van der Waals surface area (Å²) >= 11 is 0. The highest BCUT2D eigenvalue weighted by Crippen LogP contribution is 2.11. The van der Waals surface area contributed by atoms with E-state index in [1.807, 2.05) is 13.8 Å². The summed E-state index contributed by atoms with van der Waals surface area (Å²) in [6.07, 6.45) is 1.27. The quantitative estimate of drug-likeness (QED) is 0.571. The van der Waals surface area contributed by atoms with E-state index in [1.165, 1.54) is 6.20 Å². The molecule has 0 bridgehead atoms. The highest BCUT2D eigenvalue weighted by atomic mass is 16.6. The molecule has 0 aliphatic rings. The van der Waals surface area contributed by atoms with Crippen LogP contribution in [0.4, 0.5) is 4.79 Å². The summed E-state index contributed by atoms with van der Waals surface area (Å²) in [5.41, 5.74) is 4.62. The third kappa shape index (κ3) is 7.64. The van der Waals surface area contributed by atoms with Crippen LogP contribution in [0.5, 0.6) is 0 Å². The number of nitrogens with two attached hydrogens (primary N) is 1. The molecule has 7 heteroatoms. The van der Waals surface area contributed by atoms with Crippen molar-refractivity contribution >= 4 is 12.0 Å². The molecule has 1 unspecified atom stereocenters. The number of rotatable bonds is 6. The summed E-state index contributed by atoms with van der Waals surface area (Å²) in [6.45, 7) is 9.28. The Hall–Kier alpha value is -2.07. The first-order chi connectivity index (χ1) is 10.1. The van der Waals surface area contributed by atoms with Gasteiger partial charge < -0.3 is 15.8 Å². The minimum Gasteiger partial charge on any atom is -0.443 e. The van der Waals surface area contributed by atoms with Crippen molar-refractivity contribution in [2.24, 2.45) is 5.73 Å². The molecular formula is C15H26N4O3. The zero-order valence-electron chi connectivity index (χ0n) is 14.0. The Bertz CT molecular complexity index is 460. The van der Waals surface area contributed by atoms with Gasteiger partial charge in [0.2, 0.25) is 0 Å². The van der Waals surface area contributed by atoms with Gasteiger partial charge in [0.1, 0.15) is 17.2 Å². The van der Waals surface area contributed by atoms with E-state index in [0.717, 1.165) is 11.3 Å². The first-order valence-electron chi connectivity index (χ1n) is 7.27. The number of nitrogens with zero attached hydrogens (tertiary/aromatic N) is 2. The van der Waals surface area contributed by atoms with Crippen molar-refractivity contribution in [1.29, 1.82) is 5.26 Å². The van der Waals surface area contributed by atoms with Crippen LogP contribution >= 0.6 is 0 Å². The van der Waals surface area contributed by atoms with Crippen LogP contribution in [0.2, 0.25) is 0 Å². The van der Waals surface area contributed by atoms with Crippen LogP contribution in [0.1, 0.15) is 41.0 Å². The van der Waals surface area contributed by atoms with Crippen LogP contribution in [0, 0.1) is 11.3 Å². The average molecular weight is 310 g/mol. The van der Waals surface area contributed by atoms with Crippen molar-refractivity contribution in [3.8, 4) is 6.07 Å². The fraction of sp³-hybridized carbons (Fsp3) is 0.667. The number of nitrogens with one attached hydrogen (secondary N) is 1. The molecule has 124 valence electrons. The fourth-order valence-corrected chi connectivity index (χ4v) is 1.37. The Kier molecular flexibility index (Phi) is 8.20. The Balaban J connectivity index is 5.18. The van der Waals surface area contributed by atoms with Crippen molar-refractivity contribution in [1.82, 2.24) is 10.2 Å². The van der Waals surface area contributed by atoms with E-state index in [2.05, 4.69) is 5.32 Å². The van der Waals surface area contributed by atoms with Gasteiger partial charge in [0.15, 0.2) is 0 Å². The summed E-state index contributed by atoms with van der Waals surface area (Å²) in [5.74, 6) is -0.526. The zero-order valence-corrected chi connectivity index (χ0v) is 14.0. The molecule has 3 N–H and O–H groups in total. The highest BCUT2D eigenvalue weighted by Gasteiger charge is 2.22. The number of nitriles is 1. The number of hydrogen-bond acceptors (Lipinski definition) is 5. The molecule has 0 radical (unpaired) electrons. The number of ether oxygens (including phenoxy) is 1. The zero-order chi connectivity index (χ0) is 17.3. The van der Waals surface area contributed by atoms with Crippen molar-refractivity contribution in [3.05, 3.63) is 11.8 Å². The van der Waals surface area contributed by atoms with Crippen molar-refractivity contribution in [2.45, 2.75) is 52.7 Å². The SMILES string of the molecule is CCC(C)NC(=O)/C(C#N)=C\N(CCN)C(=O)OC(C)(C)C. The molecule has 0 heterocycles. The molecule has 0 saturated heterocycles. The van der Waals surface area contributed by atoms with Gasteiger partial charge in [0.05, 0.1) is 0 Å². The third-order valence-corrected chi connectivity index (χ3v) is 2.64. The molecule has 0 saturated carbocycles. The maximum absolute atomic E-state index is 12.1. The molecule has 0 rings (SSSR count). The molecule has 0 aromatic carbocycles. The van der Waals surface area contributed by atoms with Gasteiger partial charge in [0, 0.05) is 25.3 Å². The maximum atomic E-state index is 12.1. The van der Waals surface area contributed by atoms with Gasteiger partial charge in [-0.3, -0.25) is 9.69 Å². The average Bonchev–Trinajstić information content (AvgIpc) is 2.40. The van der Waals surface area contributed by atoms with Crippen molar-refractivity contribution < 1.29 is 14.3 Å². The van der Waals surface area contributed by atoms with Gasteiger partial charge in [-0.25, -0.2) is 4.79 Å². The van der Waals surface area contributed by atoms with E-state index >= 15 is 0 Å². The smallest absolute Gasteiger partial charge is 0.414 e. The lowest BCUT2D eigenvalue weighted by atomic mass is 10.2. The van der Waals surface area contributed by atoms with Crippen LogP contribution in [-0.2, 0) is 9.53 Å². The predicted molar refractivity (Wildman–Crippen MR) is 83.6 cm³/mol. The van der Waals surface area contributed by atoms with Crippen LogP contribution in [0.25, 0.3) is 0 Å². The molecule has 0 aromatic rings. The molecule has 0 fully saturated rings. The molecule has 1 atom stereocenters. The van der Waals surface area contributed by atoms with E-state index in [-0.39, 0.29) is 24.7 Å². The minimum absolute atomic E-state index is 0.0614. The summed E-state index contributed by atoms with van der Waals surface area (Å²) in [4.78, 5) is 25.2. The van der Waals surface area contributed by atoms with Gasteiger partial charge in [-0.05, 0) is 34.1 Å². The summed E-state index contributed by atoms with van der Waals surface area (Å²) in [5, 5.41) is 11.8. The van der Waals surface area contributed by atoms with Crippen LogP contribution in [0.15, 0.2) is 11.8 Å². The van der Waals surface area contributed by atoms with Gasteiger partial charge in [-0.2, -0.15) is 5.26 Å². The summed E-state index contributed by atoms with van der Waals surface area (Å²) < 4.78 is 5.23. The van der Waals surface area contributed by atoms with Crippen LogP contribution in [0.3, 0.4) is 0 Å². The minimum atomic E-state index is -0.677. The van der Waals surface area contributed by atoms with Crippen LogP contribution < -0.4 is 11.1 Å². The highest BCUT2D eigenvalue weighted by molar-refractivity contribution is 5.97. The number of carbonyl (C=O) groups excluding carboxylic acids is 2. The van der Waals surface area contributed by atoms with Gasteiger partial charge in [-0.15, -0.1) is 0 Å².